The monoisotopic (exact) mass is 1630 g/mol. The molecule has 12 heteroatoms. The van der Waals surface area contributed by atoms with Crippen LogP contribution in [0.3, 0.4) is 0 Å². The predicted octanol–water partition coefficient (Wildman–Crippen LogP) is 27.2. The Morgan fingerprint density at radius 3 is 0.893 bits per heavy atom. The van der Waals surface area contributed by atoms with E-state index >= 15 is 0 Å². The maximum Gasteiger partial charge on any atom is 0.227 e. The van der Waals surface area contributed by atoms with E-state index in [0.717, 1.165) is 178 Å². The molecular weight excluding hydrogens is 1500 g/mol. The maximum atomic E-state index is 6.46. The molecule has 16 aromatic rings. The molecule has 12 heterocycles. The SMILES string of the molecule is Cc1ccc2c(oc3nc(C(C)(C)C)ccc32)c1-c1ccc(CC(C)(C)C)c[n+]1C.Cc1ccc2c(oc3nc(C4CCCC4)ccc32)c1-c1ccc(CC(C)(C)C)c[n+]1C.Cc1ccc2c(oc3nc(CC(C)(C)C)ccc32)c1-c1ccc(CC(C)(C)C)c[n+]1C.Cc1ccc2c(oc3nc(CC(C)C)ccc32)c1-c1ccc(CC(C)(C)C)c[n+]1C. The lowest BCUT2D eigenvalue weighted by atomic mass is 9.88. The zero-order valence-corrected chi connectivity index (χ0v) is 78.6. The Balaban J connectivity index is 0.000000133. The Labute approximate surface area is 725 Å². The summed E-state index contributed by atoms with van der Waals surface area (Å²) in [5.41, 5.74) is 31.9. The van der Waals surface area contributed by atoms with Gasteiger partial charge in [0.15, 0.2) is 47.1 Å². The number of benzene rings is 4. The molecule has 0 N–H and O–H groups in total. The first kappa shape index (κ1) is 87.6. The minimum Gasteiger partial charge on any atom is -0.437 e. The molecular formula is C110H134N8O4+4. The van der Waals surface area contributed by atoms with Crippen LogP contribution in [0.5, 0.6) is 0 Å². The van der Waals surface area contributed by atoms with Crippen molar-refractivity contribution < 1.29 is 35.9 Å². The van der Waals surface area contributed by atoms with Crippen molar-refractivity contribution in [3.05, 3.63) is 238 Å². The van der Waals surface area contributed by atoms with Crippen LogP contribution < -0.4 is 18.3 Å². The molecule has 0 bridgehead atoms. The van der Waals surface area contributed by atoms with Crippen molar-refractivity contribution in [3.8, 4) is 45.0 Å². The van der Waals surface area contributed by atoms with Crippen molar-refractivity contribution in [2.24, 2.45) is 61.2 Å². The Morgan fingerprint density at radius 1 is 0.311 bits per heavy atom. The number of hydrogen-bond donors (Lipinski definition) is 0. The lowest BCUT2D eigenvalue weighted by molar-refractivity contribution is -0.660. The summed E-state index contributed by atoms with van der Waals surface area (Å²) in [4.78, 5) is 19.5. The summed E-state index contributed by atoms with van der Waals surface area (Å²) in [5, 5.41) is 8.90. The molecule has 1 aliphatic rings. The van der Waals surface area contributed by atoms with Crippen molar-refractivity contribution in [2.75, 3.05) is 0 Å². The number of aryl methyl sites for hydroxylation is 8. The third-order valence-corrected chi connectivity index (χ3v) is 23.6. The first-order chi connectivity index (χ1) is 57.3. The van der Waals surface area contributed by atoms with Crippen LogP contribution in [0.2, 0.25) is 0 Å². The average molecular weight is 1630 g/mol. The summed E-state index contributed by atoms with van der Waals surface area (Å²) in [5.74, 6) is 1.16. The van der Waals surface area contributed by atoms with E-state index in [4.69, 9.17) is 37.6 Å². The molecule has 0 radical (unpaired) electrons. The molecule has 0 aliphatic heterocycles. The maximum absolute atomic E-state index is 6.46. The molecule has 12 aromatic heterocycles. The topological polar surface area (TPSA) is 120 Å². The molecule has 0 saturated heterocycles. The van der Waals surface area contributed by atoms with Gasteiger partial charge in [-0.1, -0.05) is 200 Å². The van der Waals surface area contributed by atoms with Gasteiger partial charge in [-0.25, -0.2) is 38.2 Å². The van der Waals surface area contributed by atoms with Crippen LogP contribution in [0.1, 0.15) is 237 Å². The summed E-state index contributed by atoms with van der Waals surface area (Å²) in [7, 11) is 8.51. The zero-order chi connectivity index (χ0) is 87.8. The fraction of sp³-hybridized carbons (Fsp3) is 0.418. The van der Waals surface area contributed by atoms with E-state index in [-0.39, 0.29) is 32.5 Å². The Hall–Kier alpha value is -10.7. The first-order valence-corrected chi connectivity index (χ1v) is 44.5. The van der Waals surface area contributed by atoms with Gasteiger partial charge in [0.05, 0.1) is 22.3 Å². The first-order valence-electron chi connectivity index (χ1n) is 44.5. The number of furan rings is 4. The van der Waals surface area contributed by atoms with Crippen molar-refractivity contribution in [2.45, 2.75) is 242 Å². The fourth-order valence-electron chi connectivity index (χ4n) is 18.2. The van der Waals surface area contributed by atoms with E-state index in [0.29, 0.717) is 11.8 Å². The van der Waals surface area contributed by atoms with Crippen molar-refractivity contribution in [1.29, 1.82) is 0 Å². The van der Waals surface area contributed by atoms with Crippen molar-refractivity contribution in [3.63, 3.8) is 0 Å². The van der Waals surface area contributed by atoms with E-state index in [1.54, 1.807) is 0 Å². The van der Waals surface area contributed by atoms with Gasteiger partial charge in [-0.2, -0.15) is 0 Å². The molecule has 1 aliphatic carbocycles. The third-order valence-electron chi connectivity index (χ3n) is 23.6. The van der Waals surface area contributed by atoms with Gasteiger partial charge in [-0.3, -0.25) is 0 Å². The third kappa shape index (κ3) is 19.7. The highest BCUT2D eigenvalue weighted by molar-refractivity contribution is 6.12. The number of nitrogens with zero attached hydrogens (tertiary/aromatic N) is 8. The van der Waals surface area contributed by atoms with Crippen LogP contribution in [-0.4, -0.2) is 19.9 Å². The average Bonchev–Trinajstić information content (AvgIpc) is 1.61. The molecule has 0 amide bonds. The quantitative estimate of drug-likeness (QED) is 0.111. The van der Waals surface area contributed by atoms with E-state index in [9.17, 15) is 0 Å². The number of fused-ring (bicyclic) bond motifs is 12. The van der Waals surface area contributed by atoms with E-state index in [1.165, 1.54) is 87.1 Å². The Bertz CT molecular complexity index is 6610. The molecule has 0 spiro atoms. The van der Waals surface area contributed by atoms with Crippen LogP contribution in [0, 0.1) is 60.7 Å². The van der Waals surface area contributed by atoms with Crippen LogP contribution in [0.4, 0.5) is 0 Å². The molecule has 0 unspecified atom stereocenters. The van der Waals surface area contributed by atoms with Crippen molar-refractivity contribution in [1.82, 2.24) is 19.9 Å². The molecule has 0 atom stereocenters. The highest BCUT2D eigenvalue weighted by Gasteiger charge is 2.31. The molecule has 12 nitrogen and oxygen atoms in total. The fourth-order valence-corrected chi connectivity index (χ4v) is 18.2. The second kappa shape index (κ2) is 33.8. The zero-order valence-electron chi connectivity index (χ0n) is 78.6. The second-order valence-corrected chi connectivity index (χ2v) is 43.0. The Kier molecular flexibility index (Phi) is 24.3. The molecule has 1 fully saturated rings. The van der Waals surface area contributed by atoms with Crippen LogP contribution >= 0.6 is 0 Å². The number of aromatic nitrogens is 8. The summed E-state index contributed by atoms with van der Waals surface area (Å²) in [6.45, 7) is 53.7. The van der Waals surface area contributed by atoms with E-state index < -0.39 is 0 Å². The standard InChI is InChI=1S/C28H33N2O.C28H35N2O.2C27H33N2O/c1-18-10-12-21-22-13-14-23(20-8-6-7-9-20)29-27(22)31-26(21)25(18)24-15-11-19(17-30(24)5)16-28(2,3)4;1-18-9-12-21-22-13-11-20(16-28(5,6)7)29-26(22)31-25(21)24(18)23-14-10-19(17-30(23)8)15-27(2,3)4;1-17-9-11-19-20-12-14-22(27(5,6)7)28-25(20)30-24(19)23(17)21-13-10-18(16-29(21)8)15-26(2,3)4;1-17(2)14-20-10-12-22-21-11-8-18(3)24(25(21)30-26(22)28-20)23-13-9-19(16-29(23)7)15-27(4,5)6/h10-15,17,20H,6-9,16H2,1-5H3;9-14,17H,15-16H2,1-8H3;9-14,16H,15H2,1-8H3;8-13,16-17H,14-15H2,1-7H3/q4*+1. The number of hydrogen-bond acceptors (Lipinski definition) is 8. The second-order valence-electron chi connectivity index (χ2n) is 43.0. The Morgan fingerprint density at radius 2 is 0.590 bits per heavy atom. The van der Waals surface area contributed by atoms with E-state index in [1.807, 2.05) is 0 Å². The van der Waals surface area contributed by atoms with Gasteiger partial charge < -0.3 is 17.7 Å². The van der Waals surface area contributed by atoms with Gasteiger partial charge in [0.1, 0.15) is 28.2 Å². The molecule has 1 saturated carbocycles. The minimum atomic E-state index is -0.0127. The molecule has 122 heavy (non-hydrogen) atoms. The largest absolute Gasteiger partial charge is 0.437 e. The number of pyridine rings is 8. The van der Waals surface area contributed by atoms with Crippen LogP contribution in [0.25, 0.3) is 133 Å². The van der Waals surface area contributed by atoms with Gasteiger partial charge >= 0.3 is 0 Å². The van der Waals surface area contributed by atoms with Crippen LogP contribution in [-0.2, 0) is 72.1 Å². The molecule has 17 rings (SSSR count). The summed E-state index contributed by atoms with van der Waals surface area (Å²) < 4.78 is 34.6. The summed E-state index contributed by atoms with van der Waals surface area (Å²) in [6, 6.07) is 52.7. The summed E-state index contributed by atoms with van der Waals surface area (Å²) in [6.07, 6.45) is 20.2. The summed E-state index contributed by atoms with van der Waals surface area (Å²) >= 11 is 0. The molecule has 4 aromatic carbocycles. The highest BCUT2D eigenvalue weighted by atomic mass is 16.4. The van der Waals surface area contributed by atoms with Gasteiger partial charge in [-0.05, 0) is 207 Å². The predicted molar refractivity (Wildman–Crippen MR) is 506 cm³/mol. The highest BCUT2D eigenvalue weighted by Crippen LogP contribution is 2.44. The van der Waals surface area contributed by atoms with Crippen molar-refractivity contribution >= 4 is 88.3 Å². The van der Waals surface area contributed by atoms with Gasteiger partial charge in [0, 0.05) is 124 Å². The van der Waals surface area contributed by atoms with Gasteiger partial charge in [0.2, 0.25) is 45.6 Å². The molecule has 634 valence electrons. The number of rotatable bonds is 12. The van der Waals surface area contributed by atoms with E-state index in [2.05, 4.69) is 383 Å². The lowest BCUT2D eigenvalue weighted by Gasteiger charge is -2.17. The van der Waals surface area contributed by atoms with Gasteiger partial charge in [-0.15, -0.1) is 0 Å². The smallest absolute Gasteiger partial charge is 0.227 e. The minimum absolute atomic E-state index is 0.0127. The van der Waals surface area contributed by atoms with Gasteiger partial charge in [0.25, 0.3) is 0 Å². The van der Waals surface area contributed by atoms with Crippen LogP contribution in [0.15, 0.2) is 188 Å². The normalized spacial score (nSPS) is 13.4. The lowest BCUT2D eigenvalue weighted by Crippen LogP contribution is -2.32.